The van der Waals surface area contributed by atoms with E-state index in [0.29, 0.717) is 5.58 Å². The van der Waals surface area contributed by atoms with Crippen molar-refractivity contribution >= 4 is 54.3 Å². The van der Waals surface area contributed by atoms with Crippen LogP contribution in [0.5, 0.6) is 0 Å². The van der Waals surface area contributed by atoms with E-state index in [1.54, 1.807) is 0 Å². The molecule has 0 aliphatic carbocycles. The lowest BCUT2D eigenvalue weighted by Gasteiger charge is -2.18. The summed E-state index contributed by atoms with van der Waals surface area (Å²) in [5.41, 5.74) is 8.20. The summed E-state index contributed by atoms with van der Waals surface area (Å²) in [5.74, 6) is 0. The maximum absolute atomic E-state index is 8.73. The van der Waals surface area contributed by atoms with Crippen LogP contribution in [0.25, 0.3) is 87.6 Å². The average Bonchev–Trinajstić information content (AvgIpc) is 3.49. The molecule has 0 aliphatic heterocycles. The van der Waals surface area contributed by atoms with E-state index in [9.17, 15) is 0 Å². The average molecular weight is 549 g/mol. The summed E-state index contributed by atoms with van der Waals surface area (Å²) < 4.78 is 23.7. The zero-order chi connectivity index (χ0) is 30.1. The summed E-state index contributed by atoms with van der Waals surface area (Å²) in [5, 5.41) is 8.30. The van der Waals surface area contributed by atoms with Crippen LogP contribution in [0.2, 0.25) is 0 Å². The standard InChI is InChI=1S/C42H26O/c1-2-11-27(12-3-1)29-14-10-15-30(25-29)40-33-17-6-8-19-35(33)41(36-20-9-7-18-34(36)40)31-21-23-37-39(26-31)43-38-24-22-28-13-4-5-16-32(28)42(37)38/h1-26H/i22D,24D. The van der Waals surface area contributed by atoms with Crippen LogP contribution >= 0.6 is 0 Å². The van der Waals surface area contributed by atoms with Gasteiger partial charge < -0.3 is 4.42 Å². The minimum atomic E-state index is 0.124. The second-order valence-electron chi connectivity index (χ2n) is 11.1. The zero-order valence-electron chi connectivity index (χ0n) is 25.3. The van der Waals surface area contributed by atoms with Gasteiger partial charge >= 0.3 is 0 Å². The van der Waals surface area contributed by atoms with Crippen LogP contribution in [0.1, 0.15) is 2.74 Å². The molecule has 0 fully saturated rings. The highest BCUT2D eigenvalue weighted by molar-refractivity contribution is 6.23. The number of rotatable bonds is 3. The van der Waals surface area contributed by atoms with E-state index in [2.05, 4.69) is 121 Å². The van der Waals surface area contributed by atoms with Crippen LogP contribution in [0.15, 0.2) is 162 Å². The molecule has 1 heterocycles. The fourth-order valence-electron chi connectivity index (χ4n) is 6.78. The van der Waals surface area contributed by atoms with Gasteiger partial charge in [-0.3, -0.25) is 0 Å². The molecule has 0 aliphatic rings. The monoisotopic (exact) mass is 548 g/mol. The molecule has 43 heavy (non-hydrogen) atoms. The van der Waals surface area contributed by atoms with Gasteiger partial charge in [0, 0.05) is 10.8 Å². The first kappa shape index (κ1) is 22.0. The molecule has 0 spiro atoms. The Balaban J connectivity index is 1.33. The van der Waals surface area contributed by atoms with Crippen LogP contribution in [-0.2, 0) is 0 Å². The maximum atomic E-state index is 8.73. The van der Waals surface area contributed by atoms with E-state index >= 15 is 0 Å². The van der Waals surface area contributed by atoms with E-state index in [-0.39, 0.29) is 12.1 Å². The topological polar surface area (TPSA) is 13.1 Å². The van der Waals surface area contributed by atoms with Gasteiger partial charge in [0.05, 0.1) is 2.74 Å². The minimum absolute atomic E-state index is 0.124. The highest BCUT2D eigenvalue weighted by Gasteiger charge is 2.18. The van der Waals surface area contributed by atoms with Crippen molar-refractivity contribution in [1.29, 1.82) is 0 Å². The van der Waals surface area contributed by atoms with Crippen molar-refractivity contribution in [2.75, 3.05) is 0 Å². The molecular weight excluding hydrogens is 520 g/mol. The number of fused-ring (bicyclic) bond motifs is 7. The Labute approximate surface area is 252 Å². The molecule has 0 saturated heterocycles. The van der Waals surface area contributed by atoms with Crippen molar-refractivity contribution in [3.8, 4) is 33.4 Å². The minimum Gasteiger partial charge on any atom is -0.456 e. The third-order valence-electron chi connectivity index (χ3n) is 8.68. The molecule has 0 saturated carbocycles. The number of hydrogen-bond donors (Lipinski definition) is 0. The molecule has 1 heteroatoms. The molecule has 0 unspecified atom stereocenters. The molecule has 8 aromatic carbocycles. The van der Waals surface area contributed by atoms with Crippen LogP contribution < -0.4 is 0 Å². The summed E-state index contributed by atoms with van der Waals surface area (Å²) in [4.78, 5) is 0. The first-order chi connectivity index (χ1) is 22.2. The molecule has 9 rings (SSSR count). The van der Waals surface area contributed by atoms with E-state index in [0.717, 1.165) is 38.3 Å². The summed E-state index contributed by atoms with van der Waals surface area (Å²) in [6, 6.07) is 51.3. The van der Waals surface area contributed by atoms with Gasteiger partial charge in [-0.05, 0) is 89.9 Å². The third-order valence-corrected chi connectivity index (χ3v) is 8.68. The van der Waals surface area contributed by atoms with Gasteiger partial charge in [-0.25, -0.2) is 0 Å². The van der Waals surface area contributed by atoms with E-state index in [1.807, 2.05) is 24.3 Å². The lowest BCUT2D eigenvalue weighted by Crippen LogP contribution is -1.91. The number of benzene rings is 8. The Morgan fingerprint density at radius 2 is 0.930 bits per heavy atom. The normalized spacial score (nSPS) is 12.4. The highest BCUT2D eigenvalue weighted by atomic mass is 16.3. The van der Waals surface area contributed by atoms with Gasteiger partial charge in [0.2, 0.25) is 0 Å². The first-order valence-corrected chi connectivity index (χ1v) is 14.6. The molecule has 200 valence electrons. The highest BCUT2D eigenvalue weighted by Crippen LogP contribution is 2.45. The fraction of sp³-hybridized carbons (Fsp3) is 0. The van der Waals surface area contributed by atoms with Crippen molar-refractivity contribution in [2.24, 2.45) is 0 Å². The van der Waals surface area contributed by atoms with Crippen molar-refractivity contribution in [2.45, 2.75) is 0 Å². The molecule has 0 amide bonds. The lowest BCUT2D eigenvalue weighted by molar-refractivity contribution is 0.669. The van der Waals surface area contributed by atoms with Gasteiger partial charge in [0.15, 0.2) is 0 Å². The molecule has 0 N–H and O–H groups in total. The van der Waals surface area contributed by atoms with Crippen molar-refractivity contribution in [3.63, 3.8) is 0 Å². The fourth-order valence-corrected chi connectivity index (χ4v) is 6.78. The third kappa shape index (κ3) is 3.72. The summed E-state index contributed by atoms with van der Waals surface area (Å²) in [7, 11) is 0. The summed E-state index contributed by atoms with van der Waals surface area (Å²) >= 11 is 0. The van der Waals surface area contributed by atoms with E-state index < -0.39 is 0 Å². The van der Waals surface area contributed by atoms with Crippen LogP contribution in [-0.4, -0.2) is 0 Å². The molecule has 0 atom stereocenters. The van der Waals surface area contributed by atoms with Gasteiger partial charge in [0.25, 0.3) is 0 Å². The molecule has 1 aromatic heterocycles. The van der Waals surface area contributed by atoms with Gasteiger partial charge in [-0.1, -0.05) is 133 Å². The predicted molar refractivity (Wildman–Crippen MR) is 183 cm³/mol. The number of hydrogen-bond acceptors (Lipinski definition) is 1. The number of furan rings is 1. The summed E-state index contributed by atoms with van der Waals surface area (Å²) in [6.45, 7) is 0. The summed E-state index contributed by atoms with van der Waals surface area (Å²) in [6.07, 6.45) is 0. The smallest absolute Gasteiger partial charge is 0.136 e. The van der Waals surface area contributed by atoms with Crippen molar-refractivity contribution in [1.82, 2.24) is 0 Å². The van der Waals surface area contributed by atoms with Crippen molar-refractivity contribution < 1.29 is 7.16 Å². The first-order valence-electron chi connectivity index (χ1n) is 15.6. The van der Waals surface area contributed by atoms with E-state index in [1.165, 1.54) is 43.8 Å². The van der Waals surface area contributed by atoms with Gasteiger partial charge in [-0.2, -0.15) is 0 Å². The Bertz CT molecular complexity index is 2560. The molecule has 0 radical (unpaired) electrons. The predicted octanol–water partition coefficient (Wildman–Crippen LogP) is 12.0. The van der Waals surface area contributed by atoms with E-state index in [4.69, 9.17) is 7.16 Å². The Hall–Kier alpha value is -5.66. The molecule has 1 nitrogen and oxygen atoms in total. The van der Waals surface area contributed by atoms with Gasteiger partial charge in [0.1, 0.15) is 11.2 Å². The van der Waals surface area contributed by atoms with Crippen LogP contribution in [0, 0.1) is 0 Å². The molecule has 0 bridgehead atoms. The molecule has 9 aromatic rings. The Kier molecular flexibility index (Phi) is 4.83. The lowest BCUT2D eigenvalue weighted by atomic mass is 9.85. The zero-order valence-corrected chi connectivity index (χ0v) is 23.3. The van der Waals surface area contributed by atoms with Crippen LogP contribution in [0.3, 0.4) is 0 Å². The van der Waals surface area contributed by atoms with Gasteiger partial charge in [-0.15, -0.1) is 0 Å². The van der Waals surface area contributed by atoms with Crippen LogP contribution in [0.4, 0.5) is 0 Å². The largest absolute Gasteiger partial charge is 0.456 e. The maximum Gasteiger partial charge on any atom is 0.136 e. The second-order valence-corrected chi connectivity index (χ2v) is 11.1. The Morgan fingerprint density at radius 1 is 0.372 bits per heavy atom. The Morgan fingerprint density at radius 3 is 1.63 bits per heavy atom. The van der Waals surface area contributed by atoms with Crippen molar-refractivity contribution in [3.05, 3.63) is 158 Å². The SMILES string of the molecule is [2H]c1c([2H])c2oc3cc(-c4c5ccccc5c(-c5cccc(-c6ccccc6)c5)c5ccccc45)ccc3c2c2ccccc12. The molecular formula is C42H26O. The second kappa shape index (κ2) is 9.44. The quantitative estimate of drug-likeness (QED) is 0.200.